The average molecular weight is 334 g/mol. The maximum atomic E-state index is 6.12. The van der Waals surface area contributed by atoms with E-state index in [1.165, 1.54) is 0 Å². The summed E-state index contributed by atoms with van der Waals surface area (Å²) in [6.07, 6.45) is 1.86. The van der Waals surface area contributed by atoms with Gasteiger partial charge in [-0.3, -0.25) is 0 Å². The molecule has 0 unspecified atom stereocenters. The molecule has 2 N–H and O–H groups in total. The number of nitrogens with two attached hydrogens (primary N) is 1. The molecule has 0 atom stereocenters. The Bertz CT molecular complexity index is 488. The number of hydrogen-bond acceptors (Lipinski definition) is 2. The van der Waals surface area contributed by atoms with Crippen LogP contribution in [-0.4, -0.2) is 9.78 Å². The van der Waals surface area contributed by atoms with E-state index in [0.29, 0.717) is 10.8 Å². The Morgan fingerprint density at radius 3 is 2.73 bits per heavy atom. The van der Waals surface area contributed by atoms with Crippen molar-refractivity contribution in [3.8, 4) is 5.69 Å². The molecule has 3 nitrogen and oxygen atoms in total. The van der Waals surface area contributed by atoms with Crippen LogP contribution in [0.5, 0.6) is 0 Å². The fraction of sp³-hybridized carbons (Fsp3) is 0.100. The zero-order valence-electron chi connectivity index (χ0n) is 8.04. The average Bonchev–Trinajstić information content (AvgIpc) is 2.46. The highest BCUT2D eigenvalue weighted by atomic mass is 127. The molecule has 0 radical (unpaired) electrons. The number of nitrogen functional groups attached to an aromatic ring is 1. The van der Waals surface area contributed by atoms with Crippen molar-refractivity contribution in [3.63, 3.8) is 0 Å². The van der Waals surface area contributed by atoms with Gasteiger partial charge in [-0.05, 0) is 47.7 Å². The van der Waals surface area contributed by atoms with Gasteiger partial charge in [-0.25, -0.2) is 4.68 Å². The lowest BCUT2D eigenvalue weighted by Gasteiger charge is -2.03. The SMILES string of the molecule is Cc1cn(-c2ccc(I)cc2Cl)nc1N. The van der Waals surface area contributed by atoms with Gasteiger partial charge >= 0.3 is 0 Å². The third-order valence-corrected chi connectivity index (χ3v) is 3.07. The summed E-state index contributed by atoms with van der Waals surface area (Å²) in [5, 5.41) is 4.85. The minimum atomic E-state index is 0.532. The van der Waals surface area contributed by atoms with E-state index >= 15 is 0 Å². The Morgan fingerprint density at radius 1 is 1.47 bits per heavy atom. The van der Waals surface area contributed by atoms with Crippen LogP contribution in [0.2, 0.25) is 5.02 Å². The minimum absolute atomic E-state index is 0.532. The standard InChI is InChI=1S/C10H9ClIN3/c1-6-5-15(14-10(6)13)9-3-2-7(12)4-8(9)11/h2-5H,1H3,(H2,13,14). The van der Waals surface area contributed by atoms with E-state index in [4.69, 9.17) is 17.3 Å². The number of aromatic nitrogens is 2. The monoisotopic (exact) mass is 333 g/mol. The van der Waals surface area contributed by atoms with E-state index in [1.807, 2.05) is 31.3 Å². The lowest BCUT2D eigenvalue weighted by atomic mass is 10.3. The topological polar surface area (TPSA) is 43.8 Å². The molecule has 0 aliphatic heterocycles. The normalized spacial score (nSPS) is 10.6. The molecule has 5 heteroatoms. The van der Waals surface area contributed by atoms with Crippen LogP contribution in [0.15, 0.2) is 24.4 Å². The summed E-state index contributed by atoms with van der Waals surface area (Å²) < 4.78 is 2.79. The van der Waals surface area contributed by atoms with Crippen LogP contribution in [0.25, 0.3) is 5.69 Å². The molecule has 0 bridgehead atoms. The van der Waals surface area contributed by atoms with Crippen LogP contribution >= 0.6 is 34.2 Å². The van der Waals surface area contributed by atoms with Crippen molar-refractivity contribution in [1.82, 2.24) is 9.78 Å². The van der Waals surface area contributed by atoms with Crippen molar-refractivity contribution in [1.29, 1.82) is 0 Å². The number of aryl methyl sites for hydroxylation is 1. The van der Waals surface area contributed by atoms with Crippen LogP contribution in [-0.2, 0) is 0 Å². The first kappa shape index (κ1) is 10.8. The molecule has 0 fully saturated rings. The lowest BCUT2D eigenvalue weighted by Crippen LogP contribution is -1.97. The fourth-order valence-corrected chi connectivity index (χ4v) is 2.21. The molecule has 0 spiro atoms. The third kappa shape index (κ3) is 2.10. The highest BCUT2D eigenvalue weighted by Gasteiger charge is 2.06. The molecule has 15 heavy (non-hydrogen) atoms. The summed E-state index contributed by atoms with van der Waals surface area (Å²) in [5.41, 5.74) is 7.47. The largest absolute Gasteiger partial charge is 0.382 e. The van der Waals surface area contributed by atoms with Crippen LogP contribution in [0.1, 0.15) is 5.56 Å². The second-order valence-electron chi connectivity index (χ2n) is 3.24. The Kier molecular flexibility index (Phi) is 2.88. The fourth-order valence-electron chi connectivity index (χ4n) is 1.26. The molecular formula is C10H9ClIN3. The van der Waals surface area contributed by atoms with Crippen LogP contribution < -0.4 is 5.73 Å². The molecule has 0 amide bonds. The van der Waals surface area contributed by atoms with Crippen molar-refractivity contribution in [2.45, 2.75) is 6.92 Å². The number of benzene rings is 1. The van der Waals surface area contributed by atoms with Crippen LogP contribution in [0, 0.1) is 10.5 Å². The van der Waals surface area contributed by atoms with Gasteiger partial charge in [0.15, 0.2) is 0 Å². The number of anilines is 1. The molecule has 0 aliphatic rings. The van der Waals surface area contributed by atoms with E-state index in [1.54, 1.807) is 4.68 Å². The van der Waals surface area contributed by atoms with Gasteiger partial charge in [0, 0.05) is 15.3 Å². The Hall–Kier alpha value is -0.750. The van der Waals surface area contributed by atoms with Gasteiger partial charge in [-0.1, -0.05) is 11.6 Å². The second kappa shape index (κ2) is 4.02. The maximum absolute atomic E-state index is 6.12. The van der Waals surface area contributed by atoms with Crippen molar-refractivity contribution in [2.24, 2.45) is 0 Å². The van der Waals surface area contributed by atoms with Gasteiger partial charge in [0.1, 0.15) is 5.82 Å². The minimum Gasteiger partial charge on any atom is -0.382 e. The van der Waals surface area contributed by atoms with E-state index in [-0.39, 0.29) is 0 Å². The Labute approximate surface area is 106 Å². The zero-order chi connectivity index (χ0) is 11.0. The van der Waals surface area contributed by atoms with Gasteiger partial charge in [0.25, 0.3) is 0 Å². The molecule has 2 aromatic rings. The van der Waals surface area contributed by atoms with E-state index in [0.717, 1.165) is 14.8 Å². The maximum Gasteiger partial charge on any atom is 0.148 e. The first-order chi connectivity index (χ1) is 7.08. The summed E-state index contributed by atoms with van der Waals surface area (Å²) in [7, 11) is 0. The molecule has 0 aliphatic carbocycles. The third-order valence-electron chi connectivity index (χ3n) is 2.09. The van der Waals surface area contributed by atoms with E-state index < -0.39 is 0 Å². The number of nitrogens with zero attached hydrogens (tertiary/aromatic N) is 2. The van der Waals surface area contributed by atoms with E-state index in [2.05, 4.69) is 27.7 Å². The molecule has 0 saturated heterocycles. The Morgan fingerprint density at radius 2 is 2.20 bits per heavy atom. The number of hydrogen-bond donors (Lipinski definition) is 1. The highest BCUT2D eigenvalue weighted by molar-refractivity contribution is 14.1. The molecule has 1 aromatic carbocycles. The van der Waals surface area contributed by atoms with Crippen molar-refractivity contribution < 1.29 is 0 Å². The Balaban J connectivity index is 2.54. The number of rotatable bonds is 1. The van der Waals surface area contributed by atoms with Crippen LogP contribution in [0.3, 0.4) is 0 Å². The predicted octanol–water partition coefficient (Wildman–Crippen LogP) is 3.02. The lowest BCUT2D eigenvalue weighted by molar-refractivity contribution is 0.885. The van der Waals surface area contributed by atoms with Gasteiger partial charge in [0.05, 0.1) is 10.7 Å². The van der Waals surface area contributed by atoms with Crippen molar-refractivity contribution in [3.05, 3.63) is 38.6 Å². The summed E-state index contributed by atoms with van der Waals surface area (Å²) in [6, 6.07) is 5.80. The van der Waals surface area contributed by atoms with E-state index in [9.17, 15) is 0 Å². The molecular weight excluding hydrogens is 324 g/mol. The highest BCUT2D eigenvalue weighted by Crippen LogP contribution is 2.23. The predicted molar refractivity (Wildman–Crippen MR) is 70.4 cm³/mol. The molecule has 78 valence electrons. The summed E-state index contributed by atoms with van der Waals surface area (Å²) >= 11 is 8.33. The summed E-state index contributed by atoms with van der Waals surface area (Å²) in [4.78, 5) is 0. The first-order valence-electron chi connectivity index (χ1n) is 4.35. The number of halogens is 2. The van der Waals surface area contributed by atoms with Crippen molar-refractivity contribution >= 4 is 40.0 Å². The van der Waals surface area contributed by atoms with Gasteiger partial charge in [-0.2, -0.15) is 5.10 Å². The molecule has 1 aromatic heterocycles. The van der Waals surface area contributed by atoms with Gasteiger partial charge in [0.2, 0.25) is 0 Å². The summed E-state index contributed by atoms with van der Waals surface area (Å²) in [6.45, 7) is 1.92. The zero-order valence-corrected chi connectivity index (χ0v) is 11.0. The molecule has 2 rings (SSSR count). The second-order valence-corrected chi connectivity index (χ2v) is 4.89. The van der Waals surface area contributed by atoms with Crippen LogP contribution in [0.4, 0.5) is 5.82 Å². The molecule has 1 heterocycles. The van der Waals surface area contributed by atoms with Gasteiger partial charge < -0.3 is 5.73 Å². The molecule has 0 saturated carbocycles. The summed E-state index contributed by atoms with van der Waals surface area (Å²) in [5.74, 6) is 0.532. The smallest absolute Gasteiger partial charge is 0.148 e. The first-order valence-corrected chi connectivity index (χ1v) is 5.81. The quantitative estimate of drug-likeness (QED) is 0.815. The van der Waals surface area contributed by atoms with Crippen molar-refractivity contribution in [2.75, 3.05) is 5.73 Å². The van der Waals surface area contributed by atoms with Gasteiger partial charge in [-0.15, -0.1) is 0 Å².